The number of nitrogens with one attached hydrogen (secondary N) is 1. The molecule has 240 valence electrons. The average molecular weight is 636 g/mol. The van der Waals surface area contributed by atoms with Crippen molar-refractivity contribution in [3.63, 3.8) is 0 Å². The van der Waals surface area contributed by atoms with Crippen LogP contribution >= 0.6 is 0 Å². The van der Waals surface area contributed by atoms with E-state index in [4.69, 9.17) is 15.9 Å². The molecule has 2 heterocycles. The maximum atomic E-state index is 13.7. The summed E-state index contributed by atoms with van der Waals surface area (Å²) in [5, 5.41) is 21.8. The molecule has 1 fully saturated rings. The van der Waals surface area contributed by atoms with Gasteiger partial charge in [-0.05, 0) is 110 Å². The lowest BCUT2D eigenvalue weighted by Gasteiger charge is -2.36. The molecule has 0 unspecified atom stereocenters. The zero-order chi connectivity index (χ0) is 33.3. The molecule has 1 aromatic heterocycles. The number of primary amides is 2. The van der Waals surface area contributed by atoms with Crippen molar-refractivity contribution >= 4 is 17.7 Å². The van der Waals surface area contributed by atoms with Crippen molar-refractivity contribution in [1.82, 2.24) is 20.4 Å². The highest BCUT2D eigenvalue weighted by atomic mass is 19.1. The Hall–Kier alpha value is -5.41. The zero-order valence-electron chi connectivity index (χ0n) is 25.8. The minimum atomic E-state index is -1.13. The molecule has 0 bridgehead atoms. The van der Waals surface area contributed by atoms with Crippen LogP contribution in [0, 0.1) is 17.1 Å². The molecular formula is C35H34FN7O4. The predicted molar refractivity (Wildman–Crippen MR) is 169 cm³/mol. The Bertz CT molecular complexity index is 1830. The second kappa shape index (κ2) is 12.8. The first kappa shape index (κ1) is 31.6. The highest BCUT2D eigenvalue weighted by Gasteiger charge is 2.47. The van der Waals surface area contributed by atoms with Gasteiger partial charge in [0.1, 0.15) is 17.3 Å². The van der Waals surface area contributed by atoms with Gasteiger partial charge in [0.15, 0.2) is 0 Å². The summed E-state index contributed by atoms with van der Waals surface area (Å²) >= 11 is 0. The predicted octanol–water partition coefficient (Wildman–Crippen LogP) is 3.39. The molecule has 11 nitrogen and oxygen atoms in total. The molecule has 47 heavy (non-hydrogen) atoms. The summed E-state index contributed by atoms with van der Waals surface area (Å²) in [6.45, 7) is 2.50. The number of halogens is 1. The van der Waals surface area contributed by atoms with E-state index in [0.717, 1.165) is 28.7 Å². The fourth-order valence-electron chi connectivity index (χ4n) is 6.89. The lowest BCUT2D eigenvalue weighted by atomic mass is 9.68. The van der Waals surface area contributed by atoms with E-state index >= 15 is 0 Å². The smallest absolute Gasteiger partial charge is 0.248 e. The first-order valence-electron chi connectivity index (χ1n) is 15.5. The highest BCUT2D eigenvalue weighted by Crippen LogP contribution is 2.48. The highest BCUT2D eigenvalue weighted by molar-refractivity contribution is 5.94. The number of carbonyl (C=O) groups is 3. The number of likely N-dealkylation sites (tertiary alicyclic amines) is 1. The molecule has 4 aromatic rings. The fraction of sp³-hybridized carbons (Fsp3) is 0.314. The van der Waals surface area contributed by atoms with E-state index in [1.165, 1.54) is 12.1 Å². The summed E-state index contributed by atoms with van der Waals surface area (Å²) in [5.74, 6) is -1.29. The van der Waals surface area contributed by atoms with Gasteiger partial charge in [0.25, 0.3) is 0 Å². The van der Waals surface area contributed by atoms with Crippen LogP contribution in [0.4, 0.5) is 4.39 Å². The number of nitriles is 1. The number of benzene rings is 3. The summed E-state index contributed by atoms with van der Waals surface area (Å²) in [7, 11) is 0. The zero-order valence-corrected chi connectivity index (χ0v) is 25.8. The van der Waals surface area contributed by atoms with E-state index in [0.29, 0.717) is 48.9 Å². The van der Waals surface area contributed by atoms with Crippen molar-refractivity contribution in [3.05, 3.63) is 106 Å². The number of nitrogens with zero attached hydrogens (tertiary/aromatic N) is 4. The molecule has 5 N–H and O–H groups in total. The SMILES string of the molecule is C[C@@H](CC1(c2nnc(-c3ccc(F)cc3)o2)c2ccc(C(N)=O)cc2CCc2cc(C(N)=O)ccc21)NCC(=O)N1CCC[C@H]1C#N. The number of carbonyl (C=O) groups excluding carboxylic acids is 3. The van der Waals surface area contributed by atoms with E-state index in [2.05, 4.69) is 21.6 Å². The third-order valence-corrected chi connectivity index (χ3v) is 9.18. The van der Waals surface area contributed by atoms with Gasteiger partial charge in [0.2, 0.25) is 29.5 Å². The lowest BCUT2D eigenvalue weighted by Crippen LogP contribution is -2.45. The monoisotopic (exact) mass is 635 g/mol. The molecule has 0 spiro atoms. The van der Waals surface area contributed by atoms with Crippen LogP contribution in [-0.2, 0) is 23.1 Å². The first-order valence-corrected chi connectivity index (χ1v) is 15.5. The molecular weight excluding hydrogens is 601 g/mol. The molecule has 3 amide bonds. The molecule has 1 aliphatic carbocycles. The Morgan fingerprint density at radius 3 is 2.21 bits per heavy atom. The third-order valence-electron chi connectivity index (χ3n) is 9.18. The minimum absolute atomic E-state index is 0.0149. The number of aromatic nitrogens is 2. The number of rotatable bonds is 9. The molecule has 6 rings (SSSR count). The van der Waals surface area contributed by atoms with Crippen molar-refractivity contribution in [2.24, 2.45) is 11.5 Å². The number of aryl methyl sites for hydroxylation is 2. The Kier molecular flexibility index (Phi) is 8.58. The number of hydrogen-bond acceptors (Lipinski definition) is 8. The van der Waals surface area contributed by atoms with E-state index in [-0.39, 0.29) is 30.3 Å². The first-order chi connectivity index (χ1) is 22.6. The lowest BCUT2D eigenvalue weighted by molar-refractivity contribution is -0.130. The Labute approximate surface area is 270 Å². The largest absolute Gasteiger partial charge is 0.419 e. The van der Waals surface area contributed by atoms with E-state index < -0.39 is 29.1 Å². The van der Waals surface area contributed by atoms with Crippen molar-refractivity contribution in [1.29, 1.82) is 5.26 Å². The van der Waals surface area contributed by atoms with Gasteiger partial charge in [0, 0.05) is 29.3 Å². The van der Waals surface area contributed by atoms with E-state index in [1.54, 1.807) is 41.3 Å². The van der Waals surface area contributed by atoms with E-state index in [9.17, 15) is 24.0 Å². The van der Waals surface area contributed by atoms with Gasteiger partial charge in [-0.15, -0.1) is 10.2 Å². The van der Waals surface area contributed by atoms with Gasteiger partial charge in [-0.3, -0.25) is 14.4 Å². The van der Waals surface area contributed by atoms with Gasteiger partial charge in [-0.2, -0.15) is 5.26 Å². The van der Waals surface area contributed by atoms with Gasteiger partial charge >= 0.3 is 0 Å². The summed E-state index contributed by atoms with van der Waals surface area (Å²) in [6, 6.07) is 17.7. The summed E-state index contributed by atoms with van der Waals surface area (Å²) < 4.78 is 20.2. The molecule has 3 aromatic carbocycles. The van der Waals surface area contributed by atoms with Gasteiger partial charge in [0.05, 0.1) is 12.6 Å². The van der Waals surface area contributed by atoms with Gasteiger partial charge in [-0.25, -0.2) is 4.39 Å². The quantitative estimate of drug-likeness (QED) is 0.250. The second-order valence-electron chi connectivity index (χ2n) is 12.2. The van der Waals surface area contributed by atoms with Crippen LogP contribution < -0.4 is 16.8 Å². The average Bonchev–Trinajstić information content (AvgIpc) is 3.74. The number of amides is 3. The number of fused-ring (bicyclic) bond motifs is 2. The Morgan fingerprint density at radius 2 is 1.64 bits per heavy atom. The van der Waals surface area contributed by atoms with E-state index in [1.807, 2.05) is 19.1 Å². The summed E-state index contributed by atoms with van der Waals surface area (Å²) in [4.78, 5) is 39.3. The summed E-state index contributed by atoms with van der Waals surface area (Å²) in [5.41, 5.74) is 14.7. The van der Waals surface area contributed by atoms with Gasteiger partial charge < -0.3 is 26.1 Å². The van der Waals surface area contributed by atoms with Crippen molar-refractivity contribution < 1.29 is 23.2 Å². The van der Waals surface area contributed by atoms with Crippen molar-refractivity contribution in [2.75, 3.05) is 13.1 Å². The number of nitrogens with two attached hydrogens (primary N) is 2. The Balaban J connectivity index is 1.49. The maximum Gasteiger partial charge on any atom is 0.248 e. The van der Waals surface area contributed by atoms with Crippen LogP contribution in [0.2, 0.25) is 0 Å². The molecule has 1 saturated heterocycles. The molecule has 2 aliphatic rings. The number of hydrogen-bond donors (Lipinski definition) is 3. The van der Waals surface area contributed by atoms with Crippen LogP contribution in [0.15, 0.2) is 65.1 Å². The molecule has 2 atom stereocenters. The normalized spacial score (nSPS) is 17.2. The maximum absolute atomic E-state index is 13.7. The Morgan fingerprint density at radius 1 is 1.02 bits per heavy atom. The van der Waals surface area contributed by atoms with Crippen LogP contribution in [0.5, 0.6) is 0 Å². The van der Waals surface area contributed by atoms with Crippen LogP contribution in [-0.4, -0.2) is 58.0 Å². The van der Waals surface area contributed by atoms with Crippen LogP contribution in [0.25, 0.3) is 11.5 Å². The standard InChI is InChI=1S/C35H34FN7O4/c1-20(40-19-30(44)43-14-2-3-27(43)18-37)17-35(34-42-41-33(47-34)21-6-10-26(36)11-7-21)28-12-8-24(31(38)45)15-22(28)4-5-23-16-25(32(39)46)9-13-29(23)35/h6-13,15-16,20,27,40H,2-5,14,17,19H2,1H3,(H2,38,45)(H2,39,46)/t20-,27-/m0/s1. The minimum Gasteiger partial charge on any atom is -0.419 e. The second-order valence-corrected chi connectivity index (χ2v) is 12.2. The third kappa shape index (κ3) is 5.97. The summed E-state index contributed by atoms with van der Waals surface area (Å²) in [6.07, 6.45) is 2.78. The molecule has 1 aliphatic heterocycles. The van der Waals surface area contributed by atoms with Crippen molar-refractivity contribution in [3.8, 4) is 17.5 Å². The fourth-order valence-corrected chi connectivity index (χ4v) is 6.89. The van der Waals surface area contributed by atoms with Crippen LogP contribution in [0.1, 0.15) is 75.0 Å². The molecule has 0 radical (unpaired) electrons. The van der Waals surface area contributed by atoms with Crippen LogP contribution in [0.3, 0.4) is 0 Å². The molecule has 0 saturated carbocycles. The van der Waals surface area contributed by atoms with Gasteiger partial charge in [-0.1, -0.05) is 12.1 Å². The topological polar surface area (TPSA) is 181 Å². The molecule has 12 heteroatoms. The van der Waals surface area contributed by atoms with Crippen molar-refractivity contribution in [2.45, 2.75) is 56.5 Å².